The third-order valence-corrected chi connectivity index (χ3v) is 4.87. The van der Waals surface area contributed by atoms with Crippen LogP contribution >= 0.6 is 0 Å². The van der Waals surface area contributed by atoms with Gasteiger partial charge in [-0.3, -0.25) is 9.88 Å². The zero-order valence-corrected chi connectivity index (χ0v) is 15.3. The molecule has 1 saturated heterocycles. The molecule has 0 unspecified atom stereocenters. The van der Waals surface area contributed by atoms with Gasteiger partial charge in [0.25, 0.3) is 0 Å². The number of nitrogens with zero attached hydrogens (tertiary/aromatic N) is 3. The standard InChI is InChI=1S/C21H30N4/c1-19-6-4-8-21(16-19)25-14-12-24(13-15-25)11-3-2-9-22-17-20-7-5-10-23-18-20/h4-8,10,16,18,22H,2-3,9,11-15,17H2,1H3. The zero-order chi connectivity index (χ0) is 17.3. The summed E-state index contributed by atoms with van der Waals surface area (Å²) in [5.41, 5.74) is 3.98. The molecule has 2 aromatic rings. The van der Waals surface area contributed by atoms with Crippen LogP contribution in [-0.4, -0.2) is 49.2 Å². The summed E-state index contributed by atoms with van der Waals surface area (Å²) in [6.07, 6.45) is 6.26. The van der Waals surface area contributed by atoms with E-state index in [4.69, 9.17) is 0 Å². The molecule has 3 rings (SSSR count). The maximum absolute atomic E-state index is 4.14. The number of aromatic nitrogens is 1. The van der Waals surface area contributed by atoms with Crippen LogP contribution in [0.4, 0.5) is 5.69 Å². The number of rotatable bonds is 8. The summed E-state index contributed by atoms with van der Waals surface area (Å²) in [5.74, 6) is 0. The van der Waals surface area contributed by atoms with E-state index < -0.39 is 0 Å². The molecule has 1 aromatic heterocycles. The van der Waals surface area contributed by atoms with Crippen molar-refractivity contribution in [1.29, 1.82) is 0 Å². The fourth-order valence-corrected chi connectivity index (χ4v) is 3.38. The largest absolute Gasteiger partial charge is 0.369 e. The summed E-state index contributed by atoms with van der Waals surface area (Å²) >= 11 is 0. The van der Waals surface area contributed by atoms with Crippen molar-refractivity contribution >= 4 is 5.69 Å². The number of hydrogen-bond donors (Lipinski definition) is 1. The number of anilines is 1. The Bertz CT molecular complexity index is 621. The molecule has 0 spiro atoms. The van der Waals surface area contributed by atoms with E-state index in [2.05, 4.69) is 57.4 Å². The lowest BCUT2D eigenvalue weighted by Gasteiger charge is -2.36. The second-order valence-electron chi connectivity index (χ2n) is 6.91. The molecule has 1 aliphatic rings. The average molecular weight is 338 g/mol. The van der Waals surface area contributed by atoms with Crippen molar-refractivity contribution in [3.8, 4) is 0 Å². The molecule has 0 radical (unpaired) electrons. The van der Waals surface area contributed by atoms with Crippen LogP contribution in [0.5, 0.6) is 0 Å². The predicted molar refractivity (Wildman–Crippen MR) is 105 cm³/mol. The van der Waals surface area contributed by atoms with Crippen molar-refractivity contribution in [2.75, 3.05) is 44.2 Å². The molecule has 0 bridgehead atoms. The molecule has 1 N–H and O–H groups in total. The molecule has 4 nitrogen and oxygen atoms in total. The quantitative estimate of drug-likeness (QED) is 0.750. The Hall–Kier alpha value is -1.91. The zero-order valence-electron chi connectivity index (χ0n) is 15.3. The molecule has 134 valence electrons. The van der Waals surface area contributed by atoms with E-state index in [1.807, 2.05) is 18.5 Å². The van der Waals surface area contributed by atoms with Crippen molar-refractivity contribution in [2.45, 2.75) is 26.3 Å². The van der Waals surface area contributed by atoms with Crippen LogP contribution in [0, 0.1) is 6.92 Å². The predicted octanol–water partition coefficient (Wildman–Crippen LogP) is 3.08. The van der Waals surface area contributed by atoms with Crippen LogP contribution in [0.3, 0.4) is 0 Å². The molecule has 0 aliphatic carbocycles. The van der Waals surface area contributed by atoms with Crippen LogP contribution in [0.15, 0.2) is 48.8 Å². The van der Waals surface area contributed by atoms with E-state index in [-0.39, 0.29) is 0 Å². The molecule has 2 heterocycles. The van der Waals surface area contributed by atoms with Gasteiger partial charge in [0.15, 0.2) is 0 Å². The molecular weight excluding hydrogens is 308 g/mol. The summed E-state index contributed by atoms with van der Waals surface area (Å²) in [6, 6.07) is 13.0. The summed E-state index contributed by atoms with van der Waals surface area (Å²) < 4.78 is 0. The Balaban J connectivity index is 1.27. The van der Waals surface area contributed by atoms with E-state index in [0.29, 0.717) is 0 Å². The van der Waals surface area contributed by atoms with Gasteiger partial charge in [0.05, 0.1) is 0 Å². The van der Waals surface area contributed by atoms with E-state index in [0.717, 1.165) is 26.2 Å². The van der Waals surface area contributed by atoms with Crippen LogP contribution < -0.4 is 10.2 Å². The maximum Gasteiger partial charge on any atom is 0.0369 e. The molecule has 0 saturated carbocycles. The van der Waals surface area contributed by atoms with E-state index in [1.54, 1.807) is 0 Å². The lowest BCUT2D eigenvalue weighted by atomic mass is 10.2. The monoisotopic (exact) mass is 338 g/mol. The number of nitrogens with one attached hydrogen (secondary N) is 1. The van der Waals surface area contributed by atoms with Crippen molar-refractivity contribution in [1.82, 2.24) is 15.2 Å². The van der Waals surface area contributed by atoms with Crippen molar-refractivity contribution in [2.24, 2.45) is 0 Å². The maximum atomic E-state index is 4.14. The van der Waals surface area contributed by atoms with Gasteiger partial charge < -0.3 is 10.2 Å². The number of hydrogen-bond acceptors (Lipinski definition) is 4. The van der Waals surface area contributed by atoms with Gasteiger partial charge in [-0.25, -0.2) is 0 Å². The second kappa shape index (κ2) is 9.54. The lowest BCUT2D eigenvalue weighted by Crippen LogP contribution is -2.46. The molecule has 0 amide bonds. The van der Waals surface area contributed by atoms with Gasteiger partial charge in [0.1, 0.15) is 0 Å². The molecule has 1 aliphatic heterocycles. The summed E-state index contributed by atoms with van der Waals surface area (Å²) in [7, 11) is 0. The van der Waals surface area contributed by atoms with Crippen LogP contribution in [-0.2, 0) is 6.54 Å². The van der Waals surface area contributed by atoms with Gasteiger partial charge in [-0.15, -0.1) is 0 Å². The summed E-state index contributed by atoms with van der Waals surface area (Å²) in [5, 5.41) is 3.51. The van der Waals surface area contributed by atoms with Gasteiger partial charge >= 0.3 is 0 Å². The number of aryl methyl sites for hydroxylation is 1. The first kappa shape index (κ1) is 17.9. The normalized spacial score (nSPS) is 15.5. The van der Waals surface area contributed by atoms with Crippen LogP contribution in [0.1, 0.15) is 24.0 Å². The Kier molecular flexibility index (Phi) is 6.83. The highest BCUT2D eigenvalue weighted by Crippen LogP contribution is 2.17. The average Bonchev–Trinajstić information content (AvgIpc) is 2.66. The molecular formula is C21H30N4. The van der Waals surface area contributed by atoms with Crippen molar-refractivity contribution < 1.29 is 0 Å². The molecule has 25 heavy (non-hydrogen) atoms. The third kappa shape index (κ3) is 5.83. The van der Waals surface area contributed by atoms with Crippen molar-refractivity contribution in [3.63, 3.8) is 0 Å². The topological polar surface area (TPSA) is 31.4 Å². The summed E-state index contributed by atoms with van der Waals surface area (Å²) in [4.78, 5) is 9.26. The Morgan fingerprint density at radius 1 is 1.04 bits per heavy atom. The first-order valence-corrected chi connectivity index (χ1v) is 9.45. The van der Waals surface area contributed by atoms with E-state index >= 15 is 0 Å². The molecule has 1 fully saturated rings. The lowest BCUT2D eigenvalue weighted by molar-refractivity contribution is 0.252. The Morgan fingerprint density at radius 3 is 2.68 bits per heavy atom. The number of unbranched alkanes of at least 4 members (excludes halogenated alkanes) is 1. The van der Waals surface area contributed by atoms with E-state index in [9.17, 15) is 0 Å². The van der Waals surface area contributed by atoms with Gasteiger partial charge in [0.2, 0.25) is 0 Å². The third-order valence-electron chi connectivity index (χ3n) is 4.87. The highest BCUT2D eigenvalue weighted by atomic mass is 15.3. The fraction of sp³-hybridized carbons (Fsp3) is 0.476. The SMILES string of the molecule is Cc1cccc(N2CCN(CCCCNCc3cccnc3)CC2)c1. The highest BCUT2D eigenvalue weighted by Gasteiger charge is 2.16. The molecule has 0 atom stereocenters. The number of piperazine rings is 1. The van der Waals surface area contributed by atoms with Gasteiger partial charge in [-0.2, -0.15) is 0 Å². The van der Waals surface area contributed by atoms with Gasteiger partial charge in [-0.1, -0.05) is 18.2 Å². The summed E-state index contributed by atoms with van der Waals surface area (Å²) in [6.45, 7) is 10.0. The van der Waals surface area contributed by atoms with Crippen LogP contribution in [0.25, 0.3) is 0 Å². The van der Waals surface area contributed by atoms with Crippen molar-refractivity contribution in [3.05, 3.63) is 59.9 Å². The second-order valence-corrected chi connectivity index (χ2v) is 6.91. The molecule has 1 aromatic carbocycles. The highest BCUT2D eigenvalue weighted by molar-refractivity contribution is 5.48. The Labute approximate surface area is 151 Å². The van der Waals surface area contributed by atoms with Gasteiger partial charge in [0, 0.05) is 50.8 Å². The minimum Gasteiger partial charge on any atom is -0.369 e. The smallest absolute Gasteiger partial charge is 0.0369 e. The minimum absolute atomic E-state index is 0.920. The fourth-order valence-electron chi connectivity index (χ4n) is 3.38. The Morgan fingerprint density at radius 2 is 1.92 bits per heavy atom. The number of pyridine rings is 1. The van der Waals surface area contributed by atoms with Gasteiger partial charge in [-0.05, 0) is 62.2 Å². The number of benzene rings is 1. The van der Waals surface area contributed by atoms with Crippen LogP contribution in [0.2, 0.25) is 0 Å². The first-order valence-electron chi connectivity index (χ1n) is 9.45. The molecule has 4 heteroatoms. The minimum atomic E-state index is 0.920. The first-order chi connectivity index (χ1) is 12.3. The van der Waals surface area contributed by atoms with E-state index in [1.165, 1.54) is 49.3 Å².